The molecule has 0 saturated carbocycles. The van der Waals surface area contributed by atoms with Gasteiger partial charge < -0.3 is 14.2 Å². The summed E-state index contributed by atoms with van der Waals surface area (Å²) in [5, 5.41) is 1.87. The van der Waals surface area contributed by atoms with Gasteiger partial charge in [0.15, 0.2) is 0 Å². The summed E-state index contributed by atoms with van der Waals surface area (Å²) >= 11 is 16.1. The second-order valence-electron chi connectivity index (χ2n) is 5.22. The second kappa shape index (κ2) is 6.33. The zero-order valence-electron chi connectivity index (χ0n) is 12.5. The Kier molecular flexibility index (Phi) is 5.22. The Morgan fingerprint density at radius 2 is 1.85 bits per heavy atom. The van der Waals surface area contributed by atoms with Crippen LogP contribution in [0.3, 0.4) is 0 Å². The molecule has 14 heteroatoms. The average Bonchev–Trinajstić information content (AvgIpc) is 2.38. The molecule has 1 saturated heterocycles. The van der Waals surface area contributed by atoms with E-state index >= 15 is 0 Å². The Labute approximate surface area is 159 Å². The lowest BCUT2D eigenvalue weighted by atomic mass is 10.2. The maximum absolute atomic E-state index is 13.0. The number of ether oxygens (including phenoxy) is 3. The quantitative estimate of drug-likeness (QED) is 0.425. The van der Waals surface area contributed by atoms with E-state index < -0.39 is 43.4 Å². The van der Waals surface area contributed by atoms with Gasteiger partial charge in [-0.25, -0.2) is 4.79 Å². The minimum absolute atomic E-state index is 0.0486. The molecule has 5 nitrogen and oxygen atoms in total. The summed E-state index contributed by atoms with van der Waals surface area (Å²) in [4.78, 5) is 9.44. The van der Waals surface area contributed by atoms with Crippen molar-refractivity contribution >= 4 is 56.8 Å². The van der Waals surface area contributed by atoms with E-state index in [4.69, 9.17) is 44.3 Å². The van der Waals surface area contributed by atoms with Crippen molar-refractivity contribution in [3.8, 4) is 5.75 Å². The molecule has 1 aliphatic heterocycles. The Morgan fingerprint density at radius 3 is 2.31 bits per heavy atom. The van der Waals surface area contributed by atoms with E-state index in [1.54, 1.807) is 0 Å². The zero-order chi connectivity index (χ0) is 19.9. The number of amides is 1. The summed E-state index contributed by atoms with van der Waals surface area (Å²) in [6, 6.07) is 0.872. The van der Waals surface area contributed by atoms with E-state index in [0.717, 1.165) is 0 Å². The fraction of sp³-hybridized carbons (Fsp3) is 0.417. The van der Waals surface area contributed by atoms with Crippen LogP contribution < -0.4 is 10.1 Å². The van der Waals surface area contributed by atoms with Gasteiger partial charge in [0, 0.05) is 0 Å². The van der Waals surface area contributed by atoms with Crippen LogP contribution in [0.4, 0.5) is 29.9 Å². The maximum atomic E-state index is 13.0. The van der Waals surface area contributed by atoms with Crippen molar-refractivity contribution in [2.24, 2.45) is 0 Å². The van der Waals surface area contributed by atoms with Gasteiger partial charge in [0.25, 0.3) is 0 Å². The van der Waals surface area contributed by atoms with Crippen molar-refractivity contribution in [3.05, 3.63) is 18.2 Å². The summed E-state index contributed by atoms with van der Waals surface area (Å²) in [7, 11) is -9.97. The minimum Gasteiger partial charge on any atom is -0.483 e. The predicted octanol–water partition coefficient (Wildman–Crippen LogP) is 6.04. The molecule has 2 rings (SSSR count). The summed E-state index contributed by atoms with van der Waals surface area (Å²) in [5.74, 6) is -0.283. The number of hydrogen-bond acceptors (Lipinski definition) is 4. The van der Waals surface area contributed by atoms with E-state index in [1.807, 2.05) is 5.32 Å². The molecule has 1 amide bonds. The largest absolute Gasteiger partial charge is 0.483 e. The van der Waals surface area contributed by atoms with Gasteiger partial charge in [-0.2, -0.15) is 0 Å². The van der Waals surface area contributed by atoms with Gasteiger partial charge >= 0.3 is 16.3 Å². The Bertz CT molecular complexity index is 709. The average molecular weight is 467 g/mol. The number of halogens is 8. The SMILES string of the molecule is O=C(Nc1cc(S(F)(F)(F)(F)F)ccc1OC1COC1)OCC(Cl)(Cl)Cl. The number of carbonyl (C=O) groups is 1. The van der Waals surface area contributed by atoms with Crippen LogP contribution in [-0.2, 0) is 9.47 Å². The highest BCUT2D eigenvalue weighted by Gasteiger charge is 2.65. The third-order valence-corrected chi connectivity index (χ3v) is 4.37. The van der Waals surface area contributed by atoms with Gasteiger partial charge in [0.05, 0.1) is 18.9 Å². The summed E-state index contributed by atoms with van der Waals surface area (Å²) < 4.78 is 77.6. The molecule has 1 aliphatic rings. The number of benzene rings is 1. The molecule has 1 aromatic rings. The van der Waals surface area contributed by atoms with Gasteiger partial charge in [-0.1, -0.05) is 54.2 Å². The molecule has 1 heterocycles. The first-order valence-electron chi connectivity index (χ1n) is 6.66. The van der Waals surface area contributed by atoms with Crippen LogP contribution in [0, 0.1) is 0 Å². The molecule has 1 fully saturated rings. The lowest BCUT2D eigenvalue weighted by Crippen LogP contribution is -2.38. The molecule has 1 aromatic carbocycles. The molecule has 26 heavy (non-hydrogen) atoms. The fourth-order valence-electron chi connectivity index (χ4n) is 1.70. The molecular weight excluding hydrogens is 456 g/mol. The van der Waals surface area contributed by atoms with Crippen molar-refractivity contribution in [2.45, 2.75) is 14.8 Å². The monoisotopic (exact) mass is 465 g/mol. The first kappa shape index (κ1) is 21.4. The number of alkyl halides is 3. The Balaban J connectivity index is 2.28. The number of hydrogen-bond donors (Lipinski definition) is 1. The number of nitrogens with one attached hydrogen (secondary N) is 1. The van der Waals surface area contributed by atoms with E-state index in [1.165, 1.54) is 0 Å². The van der Waals surface area contributed by atoms with Crippen molar-refractivity contribution in [1.82, 2.24) is 0 Å². The molecule has 1 N–H and O–H groups in total. The maximum Gasteiger partial charge on any atom is 0.411 e. The third kappa shape index (κ3) is 6.38. The molecule has 0 spiro atoms. The van der Waals surface area contributed by atoms with Gasteiger partial charge in [-0.05, 0) is 18.2 Å². The smallest absolute Gasteiger partial charge is 0.411 e. The van der Waals surface area contributed by atoms with E-state index in [0.29, 0.717) is 6.07 Å². The van der Waals surface area contributed by atoms with Crippen LogP contribution in [0.5, 0.6) is 5.75 Å². The lowest BCUT2D eigenvalue weighted by molar-refractivity contribution is -0.0794. The number of anilines is 1. The van der Waals surface area contributed by atoms with Crippen molar-refractivity contribution in [1.29, 1.82) is 0 Å². The van der Waals surface area contributed by atoms with Crippen LogP contribution >= 0.6 is 45.0 Å². The highest BCUT2D eigenvalue weighted by Crippen LogP contribution is 3.02. The summed E-state index contributed by atoms with van der Waals surface area (Å²) in [6.07, 6.45) is -1.83. The predicted molar refractivity (Wildman–Crippen MR) is 88.3 cm³/mol. The molecule has 0 unspecified atom stereocenters. The van der Waals surface area contributed by atoms with E-state index in [2.05, 4.69) is 4.74 Å². The van der Waals surface area contributed by atoms with Gasteiger partial charge in [0.2, 0.25) is 3.79 Å². The summed E-state index contributed by atoms with van der Waals surface area (Å²) in [6.45, 7) is -0.418. The minimum atomic E-state index is -9.97. The van der Waals surface area contributed by atoms with Crippen molar-refractivity contribution in [2.75, 3.05) is 25.1 Å². The molecule has 0 atom stereocenters. The molecule has 0 aliphatic carbocycles. The Hall–Kier alpha value is -0.880. The van der Waals surface area contributed by atoms with Crippen LogP contribution in [0.25, 0.3) is 0 Å². The first-order chi connectivity index (χ1) is 11.5. The molecule has 0 bridgehead atoms. The van der Waals surface area contributed by atoms with Crippen LogP contribution in [0.1, 0.15) is 0 Å². The van der Waals surface area contributed by atoms with Crippen molar-refractivity contribution in [3.63, 3.8) is 0 Å². The van der Waals surface area contributed by atoms with E-state index in [9.17, 15) is 24.2 Å². The number of rotatable bonds is 5. The fourth-order valence-corrected chi connectivity index (χ4v) is 2.53. The van der Waals surface area contributed by atoms with Crippen molar-refractivity contribution < 1.29 is 38.4 Å². The molecule has 0 aromatic heterocycles. The molecule has 0 radical (unpaired) electrons. The highest BCUT2D eigenvalue weighted by molar-refractivity contribution is 8.45. The van der Waals surface area contributed by atoms with Gasteiger partial charge in [-0.15, -0.1) is 0 Å². The third-order valence-electron chi connectivity index (χ3n) is 2.90. The second-order valence-corrected chi connectivity index (χ2v) is 10.1. The lowest BCUT2D eigenvalue weighted by Gasteiger charge is -2.40. The highest BCUT2D eigenvalue weighted by atomic mass is 35.6. The standard InChI is InChI=1S/C12H11Cl3F5NO4S/c13-12(14,15)6-24-11(22)21-9-3-8(26(16,17,18,19)20)1-2-10(9)25-7-4-23-5-7/h1-3,7H,4-6H2,(H,21,22). The van der Waals surface area contributed by atoms with Gasteiger partial charge in [-0.3, -0.25) is 5.32 Å². The van der Waals surface area contributed by atoms with Gasteiger partial charge in [0.1, 0.15) is 23.4 Å². The van der Waals surface area contributed by atoms with E-state index in [-0.39, 0.29) is 31.1 Å². The van der Waals surface area contributed by atoms with Crippen LogP contribution in [-0.4, -0.2) is 35.8 Å². The van der Waals surface area contributed by atoms with Crippen LogP contribution in [0.2, 0.25) is 0 Å². The zero-order valence-corrected chi connectivity index (χ0v) is 15.6. The normalized spacial score (nSPS) is 18.3. The Morgan fingerprint density at radius 1 is 1.23 bits per heavy atom. The molecule has 150 valence electrons. The first-order valence-corrected chi connectivity index (χ1v) is 9.75. The topological polar surface area (TPSA) is 56.8 Å². The summed E-state index contributed by atoms with van der Waals surface area (Å²) in [5.41, 5.74) is -0.683. The number of carbonyl (C=O) groups excluding carboxylic acids is 1. The van der Waals surface area contributed by atoms with Crippen LogP contribution in [0.15, 0.2) is 23.1 Å². The molecular formula is C12H11Cl3F5NO4S.